The van der Waals surface area contributed by atoms with Crippen LogP contribution in [0.5, 0.6) is 5.75 Å². The zero-order valence-electron chi connectivity index (χ0n) is 31.1. The Balaban J connectivity index is 0.000000303. The Morgan fingerprint density at radius 1 is 0.792 bits per heavy atom. The number of carbonyl (C=O) groups is 2. The fourth-order valence-electron chi connectivity index (χ4n) is 4.34. The molecule has 16 nitrogen and oxygen atoms in total. The first-order valence-electron chi connectivity index (χ1n) is 16.4. The summed E-state index contributed by atoms with van der Waals surface area (Å²) in [5.41, 5.74) is -1.59. The fourth-order valence-corrected chi connectivity index (χ4v) is 5.67. The number of ether oxygens (including phenoxy) is 3. The molecule has 53 heavy (non-hydrogen) atoms. The maximum atomic E-state index is 13.0. The molecule has 2 aliphatic carbocycles. The SMILES string of the molecule is CC(C)(C)OC(=O)NC1(CO)CC1.CS(=O)Cc1cc([N+](=O)[O-])ccc1F.CS(=O)Cc1cc([N+](=O)[O-])ccc1OCC1(NC(=O)OC(C)(C)C)CC1. The number of aliphatic hydroxyl groups is 1. The van der Waals surface area contributed by atoms with Gasteiger partial charge in [0.15, 0.2) is 0 Å². The van der Waals surface area contributed by atoms with Gasteiger partial charge in [-0.3, -0.25) is 28.6 Å². The van der Waals surface area contributed by atoms with Gasteiger partial charge in [-0.05, 0) is 79.4 Å². The second-order valence-corrected chi connectivity index (χ2v) is 17.6. The summed E-state index contributed by atoms with van der Waals surface area (Å²) in [6.45, 7) is 11.0. The van der Waals surface area contributed by atoms with Crippen molar-refractivity contribution in [2.75, 3.05) is 25.7 Å². The van der Waals surface area contributed by atoms with Gasteiger partial charge in [-0.2, -0.15) is 0 Å². The van der Waals surface area contributed by atoms with Crippen molar-refractivity contribution < 1.29 is 51.6 Å². The monoisotopic (exact) mass is 788 g/mol. The third-order valence-corrected chi connectivity index (χ3v) is 8.69. The number of carbonyl (C=O) groups excluding carboxylic acids is 2. The highest BCUT2D eigenvalue weighted by atomic mass is 32.2. The Bertz CT molecular complexity index is 1690. The number of amides is 2. The number of nitrogens with one attached hydrogen (secondary N) is 2. The molecular formula is C34H49FN4O12S2. The van der Waals surface area contributed by atoms with Crippen LogP contribution in [0.4, 0.5) is 25.4 Å². The molecule has 0 bridgehead atoms. The van der Waals surface area contributed by atoms with E-state index >= 15 is 0 Å². The van der Waals surface area contributed by atoms with Gasteiger partial charge < -0.3 is 30.0 Å². The van der Waals surface area contributed by atoms with E-state index in [2.05, 4.69) is 10.6 Å². The van der Waals surface area contributed by atoms with Crippen LogP contribution in [0.25, 0.3) is 0 Å². The number of alkyl carbamates (subject to hydrolysis) is 2. The van der Waals surface area contributed by atoms with Crippen LogP contribution in [-0.2, 0) is 42.6 Å². The van der Waals surface area contributed by atoms with Crippen LogP contribution in [0, 0.1) is 26.0 Å². The molecule has 4 rings (SSSR count). The van der Waals surface area contributed by atoms with E-state index in [9.17, 15) is 42.6 Å². The number of hydrogen-bond acceptors (Lipinski definition) is 12. The summed E-state index contributed by atoms with van der Waals surface area (Å²) < 4.78 is 51.5. The van der Waals surface area contributed by atoms with Crippen LogP contribution in [0.3, 0.4) is 0 Å². The number of hydrogen-bond donors (Lipinski definition) is 3. The minimum atomic E-state index is -1.21. The highest BCUT2D eigenvalue weighted by Crippen LogP contribution is 2.37. The van der Waals surface area contributed by atoms with E-state index in [-0.39, 0.29) is 47.2 Å². The van der Waals surface area contributed by atoms with Crippen LogP contribution in [0.1, 0.15) is 78.4 Å². The highest BCUT2D eigenvalue weighted by molar-refractivity contribution is 7.83. The lowest BCUT2D eigenvalue weighted by Crippen LogP contribution is -2.44. The summed E-state index contributed by atoms with van der Waals surface area (Å²) in [6.07, 6.45) is 5.18. The first kappa shape index (κ1) is 44.9. The summed E-state index contributed by atoms with van der Waals surface area (Å²) in [5.74, 6) is 0.0191. The second-order valence-electron chi connectivity index (χ2n) is 14.8. The predicted octanol–water partition coefficient (Wildman–Crippen LogP) is 5.56. The maximum absolute atomic E-state index is 13.0. The van der Waals surface area contributed by atoms with Crippen LogP contribution in [-0.4, -0.2) is 83.6 Å². The Labute approximate surface area is 312 Å². The van der Waals surface area contributed by atoms with Crippen LogP contribution in [0.2, 0.25) is 0 Å². The van der Waals surface area contributed by atoms with Gasteiger partial charge in [-0.15, -0.1) is 0 Å². The maximum Gasteiger partial charge on any atom is 0.408 e. The van der Waals surface area contributed by atoms with E-state index in [0.29, 0.717) is 11.3 Å². The molecule has 0 radical (unpaired) electrons. The number of aliphatic hydroxyl groups excluding tert-OH is 1. The van der Waals surface area contributed by atoms with E-state index in [1.807, 2.05) is 20.8 Å². The standard InChI is InChI=1S/C17H24N2O6S.C9H17NO3.C8H8FNO3S/c1-16(2,3)25-15(20)18-17(7-8-17)11-24-14-6-5-13(19(21)22)9-12(14)10-26(4)23;1-8(2,3)13-7(12)10-9(6-11)4-5-9;1-14(13)5-6-4-7(10(11)12)2-3-8(6)9/h5-6,9H,7-8,10-11H2,1-4H3,(H,18,20);11H,4-6H2,1-3H3,(H,10,12);2-4H,5H2,1H3. The van der Waals surface area contributed by atoms with Crippen molar-refractivity contribution in [3.05, 3.63) is 73.6 Å². The van der Waals surface area contributed by atoms with Crippen molar-refractivity contribution in [2.45, 2.75) is 101 Å². The summed E-state index contributed by atoms with van der Waals surface area (Å²) in [6, 6.07) is 7.42. The molecule has 2 aromatic carbocycles. The quantitative estimate of drug-likeness (QED) is 0.178. The zero-order chi connectivity index (χ0) is 40.4. The molecule has 2 aliphatic rings. The lowest BCUT2D eigenvalue weighted by Gasteiger charge is -2.24. The van der Waals surface area contributed by atoms with Gasteiger partial charge in [0.2, 0.25) is 0 Å². The Kier molecular flexibility index (Phi) is 15.8. The van der Waals surface area contributed by atoms with Crippen molar-refractivity contribution in [2.24, 2.45) is 0 Å². The average Bonchev–Trinajstić information content (AvgIpc) is 3.93. The van der Waals surface area contributed by atoms with E-state index < -0.39 is 66.2 Å². The third kappa shape index (κ3) is 17.0. The highest BCUT2D eigenvalue weighted by Gasteiger charge is 2.46. The molecule has 0 saturated heterocycles. The minimum Gasteiger partial charge on any atom is -0.491 e. The molecule has 2 amide bonds. The van der Waals surface area contributed by atoms with E-state index in [1.54, 1.807) is 20.8 Å². The number of nitro benzene ring substituents is 2. The first-order chi connectivity index (χ1) is 24.4. The number of non-ortho nitro benzene ring substituents is 2. The molecular weight excluding hydrogens is 740 g/mol. The second kappa shape index (κ2) is 18.7. The number of benzene rings is 2. The molecule has 3 N–H and O–H groups in total. The van der Waals surface area contributed by atoms with E-state index in [1.165, 1.54) is 30.7 Å². The Morgan fingerprint density at radius 2 is 1.21 bits per heavy atom. The van der Waals surface area contributed by atoms with Crippen molar-refractivity contribution >= 4 is 45.2 Å². The molecule has 296 valence electrons. The first-order valence-corrected chi connectivity index (χ1v) is 19.9. The largest absolute Gasteiger partial charge is 0.491 e. The van der Waals surface area contributed by atoms with E-state index in [4.69, 9.17) is 19.3 Å². The topological polar surface area (TPSA) is 227 Å². The summed E-state index contributed by atoms with van der Waals surface area (Å²) in [7, 11) is -2.38. The third-order valence-electron chi connectivity index (χ3n) is 7.26. The lowest BCUT2D eigenvalue weighted by atomic mass is 10.2. The van der Waals surface area contributed by atoms with Gasteiger partial charge in [0.1, 0.15) is 29.4 Å². The van der Waals surface area contributed by atoms with Crippen LogP contribution >= 0.6 is 0 Å². The molecule has 0 aliphatic heterocycles. The van der Waals surface area contributed by atoms with Crippen molar-refractivity contribution in [1.29, 1.82) is 0 Å². The molecule has 2 aromatic rings. The molecule has 0 heterocycles. The fraction of sp³-hybridized carbons (Fsp3) is 0.588. The van der Waals surface area contributed by atoms with E-state index in [0.717, 1.165) is 43.9 Å². The Morgan fingerprint density at radius 3 is 1.60 bits per heavy atom. The minimum absolute atomic E-state index is 0.00644. The van der Waals surface area contributed by atoms with Gasteiger partial charge in [-0.1, -0.05) is 0 Å². The molecule has 2 atom stereocenters. The van der Waals surface area contributed by atoms with Gasteiger partial charge in [0, 0.05) is 69.5 Å². The average molecular weight is 789 g/mol. The molecule has 0 spiro atoms. The van der Waals surface area contributed by atoms with Crippen molar-refractivity contribution in [3.8, 4) is 5.75 Å². The van der Waals surface area contributed by atoms with Gasteiger partial charge >= 0.3 is 12.2 Å². The lowest BCUT2D eigenvalue weighted by molar-refractivity contribution is -0.385. The van der Waals surface area contributed by atoms with Crippen LogP contribution < -0.4 is 15.4 Å². The molecule has 19 heteroatoms. The predicted molar refractivity (Wildman–Crippen MR) is 197 cm³/mol. The molecule has 0 aromatic heterocycles. The van der Waals surface area contributed by atoms with Crippen molar-refractivity contribution in [1.82, 2.24) is 10.6 Å². The zero-order valence-corrected chi connectivity index (χ0v) is 32.8. The molecule has 2 unspecified atom stereocenters. The van der Waals surface area contributed by atoms with Crippen molar-refractivity contribution in [3.63, 3.8) is 0 Å². The summed E-state index contributed by atoms with van der Waals surface area (Å²) in [4.78, 5) is 43.4. The number of halogens is 1. The van der Waals surface area contributed by atoms with Gasteiger partial charge in [0.25, 0.3) is 11.4 Å². The number of nitro groups is 2. The van der Waals surface area contributed by atoms with Crippen LogP contribution in [0.15, 0.2) is 36.4 Å². The number of rotatable bonds is 12. The summed E-state index contributed by atoms with van der Waals surface area (Å²) in [5, 5.41) is 35.7. The smallest absolute Gasteiger partial charge is 0.408 e. The summed E-state index contributed by atoms with van der Waals surface area (Å²) >= 11 is 0. The van der Waals surface area contributed by atoms with Gasteiger partial charge in [-0.25, -0.2) is 14.0 Å². The number of nitrogens with zero attached hydrogens (tertiary/aromatic N) is 2. The molecule has 2 fully saturated rings. The molecule has 2 saturated carbocycles. The Hall–Kier alpha value is -4.23. The normalized spacial score (nSPS) is 16.1. The van der Waals surface area contributed by atoms with Gasteiger partial charge in [0.05, 0.1) is 39.0 Å².